The van der Waals surface area contributed by atoms with Crippen molar-refractivity contribution >= 4 is 22.2 Å². The molecule has 2 unspecified atom stereocenters. The summed E-state index contributed by atoms with van der Waals surface area (Å²) in [7, 11) is 0. The predicted octanol–water partition coefficient (Wildman–Crippen LogP) is 3.81. The summed E-state index contributed by atoms with van der Waals surface area (Å²) in [6, 6.07) is 2.33. The van der Waals surface area contributed by atoms with E-state index < -0.39 is 0 Å². The molecule has 1 aromatic heterocycles. The summed E-state index contributed by atoms with van der Waals surface area (Å²) in [6.45, 7) is 6.92. The lowest BCUT2D eigenvalue weighted by molar-refractivity contribution is -0.117. The number of amides is 1. The summed E-state index contributed by atoms with van der Waals surface area (Å²) in [5.74, 6) is 1.41. The highest BCUT2D eigenvalue weighted by atomic mass is 32.1. The Hall–Kier alpha value is -1.38. The smallest absolute Gasteiger partial charge is 0.239 e. The fourth-order valence-corrected chi connectivity index (χ4v) is 5.34. The maximum Gasteiger partial charge on any atom is 0.239 e. The number of carbonyl (C=O) groups excluding carboxylic acids is 1. The Morgan fingerprint density at radius 3 is 3.00 bits per heavy atom. The van der Waals surface area contributed by atoms with E-state index >= 15 is 0 Å². The number of hydrogen-bond acceptors (Lipinski definition) is 4. The van der Waals surface area contributed by atoms with Crippen LogP contribution in [0, 0.1) is 23.2 Å². The molecule has 1 fully saturated rings. The number of hydrogen-bond donors (Lipinski definition) is 1. The Morgan fingerprint density at radius 1 is 1.46 bits per heavy atom. The molecular formula is C19H27N3OS. The van der Waals surface area contributed by atoms with Gasteiger partial charge in [-0.1, -0.05) is 20.3 Å². The molecule has 0 aromatic carbocycles. The molecule has 5 heteroatoms. The maximum atomic E-state index is 12.4. The zero-order valence-corrected chi connectivity index (χ0v) is 15.5. The van der Waals surface area contributed by atoms with Gasteiger partial charge in [0.25, 0.3) is 0 Å². The Balaban J connectivity index is 1.67. The van der Waals surface area contributed by atoms with Gasteiger partial charge in [-0.15, -0.1) is 11.3 Å². The standard InChI is InChI=1S/C19H27N3OS/c1-3-14-6-7-15-16(10-20)19(24-17(15)9-14)21-18(23)12-22-8-4-5-13(2)11-22/h13-14H,3-9,11-12H2,1-2H3,(H,21,23). The van der Waals surface area contributed by atoms with Crippen LogP contribution < -0.4 is 5.32 Å². The Labute approximate surface area is 148 Å². The molecule has 2 aliphatic rings. The zero-order valence-electron chi connectivity index (χ0n) is 14.7. The van der Waals surface area contributed by atoms with Gasteiger partial charge in [0.1, 0.15) is 11.1 Å². The number of nitrogens with zero attached hydrogens (tertiary/aromatic N) is 2. The summed E-state index contributed by atoms with van der Waals surface area (Å²) < 4.78 is 0. The number of piperidine rings is 1. The molecule has 1 N–H and O–H groups in total. The zero-order chi connectivity index (χ0) is 17.1. The molecule has 0 saturated carbocycles. The topological polar surface area (TPSA) is 56.1 Å². The fraction of sp³-hybridized carbons (Fsp3) is 0.684. The third-order valence-electron chi connectivity index (χ3n) is 5.42. The van der Waals surface area contributed by atoms with Crippen LogP contribution in [0.4, 0.5) is 5.00 Å². The molecule has 130 valence electrons. The number of thiophene rings is 1. The minimum absolute atomic E-state index is 0.0197. The van der Waals surface area contributed by atoms with Crippen molar-refractivity contribution in [3.05, 3.63) is 16.0 Å². The average Bonchev–Trinajstić information content (AvgIpc) is 2.90. The lowest BCUT2D eigenvalue weighted by atomic mass is 9.86. The van der Waals surface area contributed by atoms with Crippen molar-refractivity contribution in [2.24, 2.45) is 11.8 Å². The van der Waals surface area contributed by atoms with E-state index in [1.165, 1.54) is 29.7 Å². The second kappa shape index (κ2) is 7.67. The lowest BCUT2D eigenvalue weighted by Gasteiger charge is -2.30. The minimum atomic E-state index is 0.0197. The van der Waals surface area contributed by atoms with Gasteiger partial charge < -0.3 is 5.32 Å². The van der Waals surface area contributed by atoms with E-state index in [0.717, 1.165) is 43.3 Å². The number of nitrogens with one attached hydrogen (secondary N) is 1. The Kier molecular flexibility index (Phi) is 5.57. The Bertz CT molecular complexity index is 646. The number of anilines is 1. The minimum Gasteiger partial charge on any atom is -0.315 e. The van der Waals surface area contributed by atoms with Crippen molar-refractivity contribution in [1.29, 1.82) is 5.26 Å². The summed E-state index contributed by atoms with van der Waals surface area (Å²) >= 11 is 1.62. The van der Waals surface area contributed by atoms with Crippen LogP contribution >= 0.6 is 11.3 Å². The number of rotatable bonds is 4. The van der Waals surface area contributed by atoms with Crippen LogP contribution in [0.3, 0.4) is 0 Å². The van der Waals surface area contributed by atoms with Gasteiger partial charge in [-0.3, -0.25) is 9.69 Å². The second-order valence-electron chi connectivity index (χ2n) is 7.37. The predicted molar refractivity (Wildman–Crippen MR) is 98.3 cm³/mol. The van der Waals surface area contributed by atoms with Crippen molar-refractivity contribution in [3.8, 4) is 6.07 Å². The normalized spacial score (nSPS) is 24.2. The van der Waals surface area contributed by atoms with E-state index in [1.54, 1.807) is 11.3 Å². The SMILES string of the molecule is CCC1CCc2c(sc(NC(=O)CN3CCCC(C)C3)c2C#N)C1. The van der Waals surface area contributed by atoms with Gasteiger partial charge in [0.2, 0.25) is 5.91 Å². The highest BCUT2D eigenvalue weighted by molar-refractivity contribution is 7.16. The van der Waals surface area contributed by atoms with E-state index in [2.05, 4.69) is 30.1 Å². The number of nitriles is 1. The number of carbonyl (C=O) groups is 1. The van der Waals surface area contributed by atoms with Crippen molar-refractivity contribution < 1.29 is 4.79 Å². The van der Waals surface area contributed by atoms with Gasteiger partial charge in [-0.25, -0.2) is 0 Å². The van der Waals surface area contributed by atoms with Gasteiger partial charge in [0, 0.05) is 11.4 Å². The molecular weight excluding hydrogens is 318 g/mol. The molecule has 0 spiro atoms. The Morgan fingerprint density at radius 2 is 2.29 bits per heavy atom. The largest absolute Gasteiger partial charge is 0.315 e. The summed E-state index contributed by atoms with van der Waals surface area (Å²) in [5, 5.41) is 13.4. The van der Waals surface area contributed by atoms with Gasteiger partial charge in [0.05, 0.1) is 12.1 Å². The maximum absolute atomic E-state index is 12.4. The average molecular weight is 346 g/mol. The van der Waals surface area contributed by atoms with Crippen molar-refractivity contribution in [2.45, 2.75) is 52.4 Å². The number of likely N-dealkylation sites (tertiary alicyclic amines) is 1. The van der Waals surface area contributed by atoms with Crippen molar-refractivity contribution in [1.82, 2.24) is 4.90 Å². The number of fused-ring (bicyclic) bond motifs is 1. The third-order valence-corrected chi connectivity index (χ3v) is 6.59. The quantitative estimate of drug-likeness (QED) is 0.903. The molecule has 2 atom stereocenters. The molecule has 24 heavy (non-hydrogen) atoms. The van der Waals surface area contributed by atoms with E-state index in [4.69, 9.17) is 0 Å². The molecule has 1 aliphatic carbocycles. The molecule has 1 saturated heterocycles. The van der Waals surface area contributed by atoms with Gasteiger partial charge in [-0.2, -0.15) is 5.26 Å². The summed E-state index contributed by atoms with van der Waals surface area (Å²) in [4.78, 5) is 16.0. The van der Waals surface area contributed by atoms with Crippen LogP contribution in [-0.4, -0.2) is 30.4 Å². The second-order valence-corrected chi connectivity index (χ2v) is 8.47. The highest BCUT2D eigenvalue weighted by Crippen LogP contribution is 2.40. The van der Waals surface area contributed by atoms with Crippen LogP contribution in [0.25, 0.3) is 0 Å². The summed E-state index contributed by atoms with van der Waals surface area (Å²) in [6.07, 6.45) is 6.82. The van der Waals surface area contributed by atoms with E-state index in [9.17, 15) is 10.1 Å². The molecule has 2 heterocycles. The molecule has 1 aliphatic heterocycles. The first-order chi connectivity index (χ1) is 11.6. The molecule has 0 radical (unpaired) electrons. The lowest BCUT2D eigenvalue weighted by Crippen LogP contribution is -2.39. The van der Waals surface area contributed by atoms with Crippen molar-refractivity contribution in [2.75, 3.05) is 25.0 Å². The van der Waals surface area contributed by atoms with Gasteiger partial charge in [-0.05, 0) is 56.0 Å². The first kappa shape index (κ1) is 17.4. The van der Waals surface area contributed by atoms with Crippen LogP contribution in [0.2, 0.25) is 0 Å². The van der Waals surface area contributed by atoms with Gasteiger partial charge in [0.15, 0.2) is 0 Å². The first-order valence-corrected chi connectivity index (χ1v) is 9.99. The highest BCUT2D eigenvalue weighted by Gasteiger charge is 2.26. The van der Waals surface area contributed by atoms with Crippen LogP contribution in [0.5, 0.6) is 0 Å². The van der Waals surface area contributed by atoms with E-state index in [-0.39, 0.29) is 5.91 Å². The molecule has 4 nitrogen and oxygen atoms in total. The fourth-order valence-electron chi connectivity index (χ4n) is 4.01. The molecule has 0 bridgehead atoms. The monoisotopic (exact) mass is 345 g/mol. The van der Waals surface area contributed by atoms with Crippen LogP contribution in [0.1, 0.15) is 55.5 Å². The third kappa shape index (κ3) is 3.81. The first-order valence-electron chi connectivity index (χ1n) is 9.17. The molecule has 1 amide bonds. The molecule has 3 rings (SSSR count). The van der Waals surface area contributed by atoms with Crippen molar-refractivity contribution in [3.63, 3.8) is 0 Å². The van der Waals surface area contributed by atoms with Crippen LogP contribution in [-0.2, 0) is 17.6 Å². The van der Waals surface area contributed by atoms with E-state index in [1.807, 2.05) is 0 Å². The molecule has 1 aromatic rings. The van der Waals surface area contributed by atoms with Crippen LogP contribution in [0.15, 0.2) is 0 Å². The summed E-state index contributed by atoms with van der Waals surface area (Å²) in [5.41, 5.74) is 1.90. The van der Waals surface area contributed by atoms with Gasteiger partial charge >= 0.3 is 0 Å². The van der Waals surface area contributed by atoms with E-state index in [0.29, 0.717) is 18.0 Å².